The quantitative estimate of drug-likeness (QED) is 0.635. The van der Waals surface area contributed by atoms with Gasteiger partial charge in [0.15, 0.2) is 0 Å². The van der Waals surface area contributed by atoms with Crippen molar-refractivity contribution in [2.75, 3.05) is 13.1 Å². The molecule has 3 heterocycles. The molecule has 172 valence electrons. The van der Waals surface area contributed by atoms with Gasteiger partial charge in [-0.15, -0.1) is 0 Å². The first-order valence-electron chi connectivity index (χ1n) is 11.5. The number of benzene rings is 1. The van der Waals surface area contributed by atoms with Crippen molar-refractivity contribution in [2.45, 2.75) is 51.0 Å². The molecule has 3 atom stereocenters. The van der Waals surface area contributed by atoms with Crippen LogP contribution in [0.3, 0.4) is 0 Å². The van der Waals surface area contributed by atoms with Gasteiger partial charge in [-0.2, -0.15) is 4.98 Å². The zero-order valence-corrected chi connectivity index (χ0v) is 18.6. The van der Waals surface area contributed by atoms with E-state index >= 15 is 0 Å². The maximum atomic E-state index is 13.2. The molecule has 2 amide bonds. The predicted octanol–water partition coefficient (Wildman–Crippen LogP) is 3.34. The van der Waals surface area contributed by atoms with Crippen molar-refractivity contribution in [3.8, 4) is 11.4 Å². The lowest BCUT2D eigenvalue weighted by Crippen LogP contribution is -2.40. The van der Waals surface area contributed by atoms with Crippen LogP contribution in [0.1, 0.15) is 60.2 Å². The molecule has 3 aromatic rings. The van der Waals surface area contributed by atoms with Gasteiger partial charge in [0, 0.05) is 36.7 Å². The largest absolute Gasteiger partial charge is 0.351 e. The lowest BCUT2D eigenvalue weighted by atomic mass is 10.0. The zero-order valence-electron chi connectivity index (χ0n) is 18.6. The number of nitrogens with zero attached hydrogens (tertiary/aromatic N) is 4. The lowest BCUT2D eigenvalue weighted by molar-refractivity contribution is -0.136. The number of carbonyl (C=O) groups is 2. The highest BCUT2D eigenvalue weighted by Crippen LogP contribution is 2.40. The van der Waals surface area contributed by atoms with Gasteiger partial charge in [-0.3, -0.25) is 9.59 Å². The summed E-state index contributed by atoms with van der Waals surface area (Å²) in [5.74, 6) is 0.389. The van der Waals surface area contributed by atoms with E-state index in [-0.39, 0.29) is 35.5 Å². The summed E-state index contributed by atoms with van der Waals surface area (Å²) in [6, 6.07) is 10.8. The van der Waals surface area contributed by atoms with Crippen LogP contribution >= 0.6 is 0 Å². The Balaban J connectivity index is 1.38. The molecule has 0 unspecified atom stereocenters. The van der Waals surface area contributed by atoms with Crippen molar-refractivity contribution in [3.63, 3.8) is 0 Å². The van der Waals surface area contributed by atoms with E-state index < -0.39 is 0 Å². The minimum absolute atomic E-state index is 0.146. The first-order valence-corrected chi connectivity index (χ1v) is 11.5. The van der Waals surface area contributed by atoms with Gasteiger partial charge < -0.3 is 19.3 Å². The van der Waals surface area contributed by atoms with E-state index in [1.807, 2.05) is 35.2 Å². The number of carbonyl (C=O) groups excluding carboxylic acids is 2. The Morgan fingerprint density at radius 1 is 1.03 bits per heavy atom. The minimum atomic E-state index is -0.362. The molecular formula is C24H27N5O4. The van der Waals surface area contributed by atoms with Gasteiger partial charge in [0.25, 0.3) is 5.91 Å². The molecule has 0 spiro atoms. The molecule has 33 heavy (non-hydrogen) atoms. The third-order valence-corrected chi connectivity index (χ3v) is 6.54. The molecule has 0 bridgehead atoms. The molecule has 1 saturated carbocycles. The molecule has 0 radical (unpaired) electrons. The highest BCUT2D eigenvalue weighted by atomic mass is 16.5. The Kier molecular flexibility index (Phi) is 5.93. The number of hydrogen-bond acceptors (Lipinski definition) is 7. The second-order valence-corrected chi connectivity index (χ2v) is 8.90. The first kappa shape index (κ1) is 21.4. The normalized spacial score (nSPS) is 22.9. The summed E-state index contributed by atoms with van der Waals surface area (Å²) < 4.78 is 10.7. The molecule has 1 aromatic carbocycles. The summed E-state index contributed by atoms with van der Waals surface area (Å²) in [6.07, 6.45) is 4.30. The van der Waals surface area contributed by atoms with Gasteiger partial charge in [0.2, 0.25) is 23.4 Å². The summed E-state index contributed by atoms with van der Waals surface area (Å²) in [6.45, 7) is 3.36. The number of rotatable bonds is 5. The SMILES string of the molecule is Cc1cc(C(=O)N[C@@H]2C[C@@H](C(=O)N3CCCCC3)C[C@@H]2c2nc(-c3ccccc3)no2)on1. The Labute approximate surface area is 191 Å². The average molecular weight is 450 g/mol. The van der Waals surface area contributed by atoms with Crippen LogP contribution in [0.2, 0.25) is 0 Å². The number of hydrogen-bond donors (Lipinski definition) is 1. The zero-order chi connectivity index (χ0) is 22.8. The Bertz CT molecular complexity index is 1120. The first-order chi connectivity index (χ1) is 16.1. The molecule has 9 nitrogen and oxygen atoms in total. The Morgan fingerprint density at radius 2 is 1.82 bits per heavy atom. The number of aromatic nitrogens is 3. The smallest absolute Gasteiger partial charge is 0.290 e. The third-order valence-electron chi connectivity index (χ3n) is 6.54. The van der Waals surface area contributed by atoms with Crippen LogP contribution in [0, 0.1) is 12.8 Å². The fourth-order valence-electron chi connectivity index (χ4n) is 4.84. The van der Waals surface area contributed by atoms with Crippen LogP contribution < -0.4 is 5.32 Å². The summed E-state index contributed by atoms with van der Waals surface area (Å²) in [5, 5.41) is 11.0. The molecule has 1 N–H and O–H groups in total. The molecule has 1 aliphatic heterocycles. The maximum Gasteiger partial charge on any atom is 0.290 e. The van der Waals surface area contributed by atoms with Crippen LogP contribution in [0.15, 0.2) is 45.4 Å². The van der Waals surface area contributed by atoms with E-state index in [1.165, 1.54) is 0 Å². The van der Waals surface area contributed by atoms with Gasteiger partial charge in [-0.05, 0) is 39.0 Å². The predicted molar refractivity (Wildman–Crippen MR) is 118 cm³/mol. The maximum absolute atomic E-state index is 13.2. The van der Waals surface area contributed by atoms with Crippen molar-refractivity contribution >= 4 is 11.8 Å². The van der Waals surface area contributed by atoms with Crippen LogP contribution in [-0.4, -0.2) is 51.1 Å². The van der Waals surface area contributed by atoms with Gasteiger partial charge >= 0.3 is 0 Å². The van der Waals surface area contributed by atoms with Gasteiger partial charge in [-0.25, -0.2) is 0 Å². The number of nitrogens with one attached hydrogen (secondary N) is 1. The standard InChI is InChI=1S/C24H27N5O4/c1-15-12-20(32-27-15)22(30)25-19-14-17(24(31)29-10-6-3-7-11-29)13-18(19)23-26-21(28-33-23)16-8-4-2-5-9-16/h2,4-5,8-9,12,17-19H,3,6-7,10-11,13-14H2,1H3,(H,25,30)/t17-,18-,19+/m0/s1. The van der Waals surface area contributed by atoms with E-state index in [9.17, 15) is 9.59 Å². The van der Waals surface area contributed by atoms with E-state index in [0.29, 0.717) is 30.3 Å². The molecule has 9 heteroatoms. The fraction of sp³-hybridized carbons (Fsp3) is 0.458. The summed E-state index contributed by atoms with van der Waals surface area (Å²) >= 11 is 0. The number of piperidine rings is 1. The molecule has 5 rings (SSSR count). The second kappa shape index (κ2) is 9.17. The molecular weight excluding hydrogens is 422 g/mol. The topological polar surface area (TPSA) is 114 Å². The van der Waals surface area contributed by atoms with Gasteiger partial charge in [-0.1, -0.05) is 40.6 Å². The number of likely N-dealkylation sites (tertiary alicyclic amines) is 1. The van der Waals surface area contributed by atoms with Gasteiger partial charge in [0.05, 0.1) is 11.6 Å². The van der Waals surface area contributed by atoms with Crippen LogP contribution in [0.5, 0.6) is 0 Å². The highest BCUT2D eigenvalue weighted by Gasteiger charge is 2.44. The monoisotopic (exact) mass is 449 g/mol. The fourth-order valence-corrected chi connectivity index (χ4v) is 4.84. The van der Waals surface area contributed by atoms with E-state index in [1.54, 1.807) is 13.0 Å². The average Bonchev–Trinajstić information content (AvgIpc) is 3.59. The minimum Gasteiger partial charge on any atom is -0.351 e. The van der Waals surface area contributed by atoms with E-state index in [2.05, 4.69) is 20.6 Å². The van der Waals surface area contributed by atoms with Crippen molar-refractivity contribution in [2.24, 2.45) is 5.92 Å². The van der Waals surface area contributed by atoms with E-state index in [0.717, 1.165) is 37.9 Å². The molecule has 1 aliphatic carbocycles. The molecule has 2 aliphatic rings. The van der Waals surface area contributed by atoms with E-state index in [4.69, 9.17) is 9.05 Å². The number of aryl methyl sites for hydroxylation is 1. The summed E-state index contributed by atoms with van der Waals surface area (Å²) in [4.78, 5) is 32.6. The van der Waals surface area contributed by atoms with Crippen molar-refractivity contribution < 1.29 is 18.6 Å². The Hall–Kier alpha value is -3.49. The summed E-state index contributed by atoms with van der Waals surface area (Å²) in [5.41, 5.74) is 1.48. The second-order valence-electron chi connectivity index (χ2n) is 8.90. The Morgan fingerprint density at radius 3 is 2.55 bits per heavy atom. The lowest BCUT2D eigenvalue weighted by Gasteiger charge is -2.29. The van der Waals surface area contributed by atoms with Gasteiger partial charge in [0.1, 0.15) is 0 Å². The van der Waals surface area contributed by atoms with Crippen molar-refractivity contribution in [1.82, 2.24) is 25.5 Å². The van der Waals surface area contributed by atoms with Crippen LogP contribution in [-0.2, 0) is 4.79 Å². The number of amides is 2. The molecule has 1 saturated heterocycles. The summed E-state index contributed by atoms with van der Waals surface area (Å²) in [7, 11) is 0. The van der Waals surface area contributed by atoms with Crippen LogP contribution in [0.25, 0.3) is 11.4 Å². The van der Waals surface area contributed by atoms with Crippen molar-refractivity contribution in [1.29, 1.82) is 0 Å². The molecule has 2 aromatic heterocycles. The molecule has 2 fully saturated rings. The van der Waals surface area contributed by atoms with Crippen molar-refractivity contribution in [3.05, 3.63) is 53.7 Å². The third kappa shape index (κ3) is 4.53. The highest BCUT2D eigenvalue weighted by molar-refractivity contribution is 5.91. The van der Waals surface area contributed by atoms with Crippen LogP contribution in [0.4, 0.5) is 0 Å².